The minimum absolute atomic E-state index is 0.248. The van der Waals surface area contributed by atoms with Gasteiger partial charge in [0.25, 0.3) is 0 Å². The first-order valence-corrected chi connectivity index (χ1v) is 5.81. The van der Waals surface area contributed by atoms with E-state index in [-0.39, 0.29) is 20.0 Å². The number of aromatic nitrogens is 2. The summed E-state index contributed by atoms with van der Waals surface area (Å²) in [5.74, 6) is -2.53. The van der Waals surface area contributed by atoms with Crippen LogP contribution < -0.4 is 20.0 Å². The maximum atomic E-state index is 11.0. The third-order valence-corrected chi connectivity index (χ3v) is 3.13. The van der Waals surface area contributed by atoms with Gasteiger partial charge in [0.2, 0.25) is 36.6 Å². The summed E-state index contributed by atoms with van der Waals surface area (Å²) in [6, 6.07) is 0. The zero-order chi connectivity index (χ0) is 17.8. The number of hydrogen-bond donors (Lipinski definition) is 0. The minimum atomic E-state index is -1.01. The molecule has 3 heterocycles. The molecule has 0 amide bonds. The first kappa shape index (κ1) is 14.8. The molecule has 0 saturated heterocycles. The molecule has 0 fully saturated rings. The average molecular weight is 344 g/mol. The van der Waals surface area contributed by atoms with Gasteiger partial charge in [-0.05, 0) is 20.0 Å². The Morgan fingerprint density at radius 3 is 0.958 bits per heavy atom. The topological polar surface area (TPSA) is 211 Å². The van der Waals surface area contributed by atoms with Crippen molar-refractivity contribution in [3.05, 3.63) is 40.5 Å². The number of hydrogen-bond acceptors (Lipinski definition) is 10. The quantitative estimate of drug-likeness (QED) is 0.445. The van der Waals surface area contributed by atoms with Crippen LogP contribution in [0.3, 0.4) is 0 Å². The van der Waals surface area contributed by atoms with E-state index in [1.807, 2.05) is 0 Å². The second-order valence-electron chi connectivity index (χ2n) is 4.35. The predicted molar refractivity (Wildman–Crippen MR) is 69.7 cm³/mol. The third kappa shape index (κ3) is 1.89. The molecule has 1 aromatic heterocycles. The highest BCUT2D eigenvalue weighted by molar-refractivity contribution is 5.76. The molecule has 0 aromatic carbocycles. The number of nitrogens with zero attached hydrogens (tertiary/aromatic N) is 10. The lowest BCUT2D eigenvalue weighted by molar-refractivity contribution is -0.520. The van der Waals surface area contributed by atoms with Crippen LogP contribution >= 0.6 is 0 Å². The number of anilines is 4. The van der Waals surface area contributed by atoms with E-state index in [0.29, 0.717) is 0 Å². The Labute approximate surface area is 128 Å². The molecule has 0 saturated carbocycles. The van der Waals surface area contributed by atoms with Crippen LogP contribution in [0.25, 0.3) is 0 Å². The van der Waals surface area contributed by atoms with E-state index in [0.717, 1.165) is 0 Å². The van der Waals surface area contributed by atoms with Crippen molar-refractivity contribution in [2.75, 3.05) is 33.4 Å². The summed E-state index contributed by atoms with van der Waals surface area (Å²) in [5.41, 5.74) is 0. The molecule has 0 spiro atoms. The molecule has 0 aliphatic carbocycles. The van der Waals surface area contributed by atoms with E-state index in [1.54, 1.807) is 0 Å². The van der Waals surface area contributed by atoms with E-state index in [2.05, 4.69) is 9.97 Å². The maximum Gasteiger partial charge on any atom is 0.247 e. The van der Waals surface area contributed by atoms with Crippen LogP contribution in [0.2, 0.25) is 0 Å². The zero-order valence-electron chi connectivity index (χ0n) is 11.2. The van der Waals surface area contributed by atoms with E-state index < -0.39 is 56.7 Å². The lowest BCUT2D eigenvalue weighted by atomic mass is 10.5. The fourth-order valence-corrected chi connectivity index (χ4v) is 2.13. The normalized spacial score (nSPS) is 15.3. The average Bonchev–Trinajstić information content (AvgIpc) is 3.02. The minimum Gasteiger partial charge on any atom is -0.234 e. The maximum absolute atomic E-state index is 11.0. The highest BCUT2D eigenvalue weighted by atomic mass is 16.7. The van der Waals surface area contributed by atoms with Gasteiger partial charge in [0, 0.05) is 0 Å². The van der Waals surface area contributed by atoms with Gasteiger partial charge in [-0.25, -0.2) is 40.5 Å². The molecule has 2 aliphatic heterocycles. The van der Waals surface area contributed by atoms with Crippen molar-refractivity contribution >= 4 is 23.3 Å². The van der Waals surface area contributed by atoms with Crippen molar-refractivity contribution < 1.29 is 20.1 Å². The summed E-state index contributed by atoms with van der Waals surface area (Å²) < 4.78 is 0. The molecule has 126 valence electrons. The molecule has 0 unspecified atom stereocenters. The molecule has 24 heavy (non-hydrogen) atoms. The molecule has 18 heteroatoms. The van der Waals surface area contributed by atoms with Crippen LogP contribution in [0.1, 0.15) is 0 Å². The Morgan fingerprint density at radius 2 is 0.792 bits per heavy atom. The van der Waals surface area contributed by atoms with Crippen LogP contribution in [-0.4, -0.2) is 43.4 Å². The van der Waals surface area contributed by atoms with E-state index in [9.17, 15) is 40.5 Å². The van der Waals surface area contributed by atoms with Crippen LogP contribution in [0, 0.1) is 40.5 Å². The van der Waals surface area contributed by atoms with Crippen molar-refractivity contribution in [3.8, 4) is 0 Å². The van der Waals surface area contributed by atoms with Crippen molar-refractivity contribution in [1.29, 1.82) is 0 Å². The highest BCUT2D eigenvalue weighted by Crippen LogP contribution is 2.41. The van der Waals surface area contributed by atoms with Gasteiger partial charge in [-0.15, -0.1) is 0 Å². The SMILES string of the molecule is O=[N+]([O-])N1CN([N+](=O)[O-])c2nc3c(nc21)N([N+](=O)[O-])CN3[N+](=O)[O-]. The predicted octanol–water partition coefficient (Wildman–Crippen LogP) is -1.59. The fraction of sp³-hybridized carbons (Fsp3) is 0.333. The van der Waals surface area contributed by atoms with Gasteiger partial charge in [0.1, 0.15) is 0 Å². The molecule has 1 aromatic rings. The van der Waals surface area contributed by atoms with Gasteiger partial charge < -0.3 is 0 Å². The summed E-state index contributed by atoms with van der Waals surface area (Å²) in [6.45, 7) is -1.73. The molecule has 0 atom stereocenters. The molecule has 0 bridgehead atoms. The largest absolute Gasteiger partial charge is 0.247 e. The molecular formula is C6H4N10O8. The first-order valence-electron chi connectivity index (χ1n) is 5.81. The summed E-state index contributed by atoms with van der Waals surface area (Å²) >= 11 is 0. The van der Waals surface area contributed by atoms with E-state index in [4.69, 9.17) is 0 Å². The van der Waals surface area contributed by atoms with E-state index in [1.165, 1.54) is 0 Å². The number of hydrazine groups is 4. The van der Waals surface area contributed by atoms with Crippen LogP contribution in [0.5, 0.6) is 0 Å². The molecule has 3 rings (SSSR count). The Bertz CT molecular complexity index is 672. The fourth-order valence-electron chi connectivity index (χ4n) is 2.13. The van der Waals surface area contributed by atoms with Gasteiger partial charge in [-0.2, -0.15) is 9.97 Å². The second-order valence-corrected chi connectivity index (χ2v) is 4.35. The highest BCUT2D eigenvalue weighted by Gasteiger charge is 2.50. The smallest absolute Gasteiger partial charge is 0.234 e. The monoisotopic (exact) mass is 344 g/mol. The van der Waals surface area contributed by atoms with Crippen LogP contribution in [0.4, 0.5) is 23.3 Å². The molecule has 0 N–H and O–H groups in total. The molecule has 2 aliphatic rings. The summed E-state index contributed by atoms with van der Waals surface area (Å²) in [7, 11) is 0. The van der Waals surface area contributed by atoms with Crippen molar-refractivity contribution in [2.24, 2.45) is 0 Å². The summed E-state index contributed by atoms with van der Waals surface area (Å²) in [4.78, 5) is 51.1. The van der Waals surface area contributed by atoms with Gasteiger partial charge in [-0.3, -0.25) is 0 Å². The Morgan fingerprint density at radius 1 is 0.583 bits per heavy atom. The molecular weight excluding hydrogens is 340 g/mol. The van der Waals surface area contributed by atoms with Crippen molar-refractivity contribution in [3.63, 3.8) is 0 Å². The van der Waals surface area contributed by atoms with Crippen molar-refractivity contribution in [1.82, 2.24) is 9.97 Å². The Balaban J connectivity index is 2.21. The van der Waals surface area contributed by atoms with E-state index >= 15 is 0 Å². The zero-order valence-corrected chi connectivity index (χ0v) is 11.2. The summed E-state index contributed by atoms with van der Waals surface area (Å²) in [6.07, 6.45) is 0. The number of fused-ring (bicyclic) bond motifs is 2. The number of nitro groups is 4. The lowest BCUT2D eigenvalue weighted by Crippen LogP contribution is -2.39. The first-order chi connectivity index (χ1) is 11.2. The van der Waals surface area contributed by atoms with Gasteiger partial charge >= 0.3 is 0 Å². The Hall–Kier alpha value is -4.12. The second kappa shape index (κ2) is 4.69. The molecule has 18 nitrogen and oxygen atoms in total. The Kier molecular flexibility index (Phi) is 2.89. The standard InChI is InChI=1S/C6H4N10O8/c17-13(18)9-1-10(14(19)20)4-3(9)7-5-6(8-4)12(16(23)24)2-11(5)15(21)22/h1-2H2. The number of rotatable bonds is 4. The van der Waals surface area contributed by atoms with Gasteiger partial charge in [0.15, 0.2) is 20.1 Å². The van der Waals surface area contributed by atoms with Crippen LogP contribution in [0.15, 0.2) is 0 Å². The van der Waals surface area contributed by atoms with Crippen molar-refractivity contribution in [2.45, 2.75) is 0 Å². The lowest BCUT2D eigenvalue weighted by Gasteiger charge is -2.06. The van der Waals surface area contributed by atoms with Gasteiger partial charge in [0.05, 0.1) is 0 Å². The third-order valence-electron chi connectivity index (χ3n) is 3.13. The summed E-state index contributed by atoms with van der Waals surface area (Å²) in [5, 5.41) is 40.8. The molecule has 0 radical (unpaired) electrons. The van der Waals surface area contributed by atoms with Crippen LogP contribution in [-0.2, 0) is 0 Å². The van der Waals surface area contributed by atoms with Gasteiger partial charge in [-0.1, -0.05) is 0 Å².